The van der Waals surface area contributed by atoms with Gasteiger partial charge in [-0.3, -0.25) is 0 Å². The molecule has 0 aromatic heterocycles. The molecule has 0 nitrogen and oxygen atoms in total. The topological polar surface area (TPSA) is 0 Å². The average Bonchev–Trinajstić information content (AvgIpc) is 2.19. The lowest BCUT2D eigenvalue weighted by molar-refractivity contribution is 0.470. The Bertz CT molecular complexity index is 88.2. The summed E-state index contributed by atoms with van der Waals surface area (Å²) in [6, 6.07) is 0. The molecule has 0 aromatic rings. The maximum atomic E-state index is 2.30. The SMILES string of the molecule is CC.CC1(C)C=CCC1. The summed E-state index contributed by atoms with van der Waals surface area (Å²) >= 11 is 0. The van der Waals surface area contributed by atoms with E-state index < -0.39 is 0 Å². The van der Waals surface area contributed by atoms with Crippen LogP contribution in [0.4, 0.5) is 0 Å². The molecule has 0 saturated heterocycles. The molecule has 0 spiro atoms. The Morgan fingerprint density at radius 1 is 1.22 bits per heavy atom. The first kappa shape index (κ1) is 8.74. The zero-order valence-corrected chi connectivity index (χ0v) is 7.07. The number of allylic oxidation sites excluding steroid dienone is 2. The first-order chi connectivity index (χ1) is 4.21. The maximum Gasteiger partial charge on any atom is -0.0172 e. The van der Waals surface area contributed by atoms with Crippen LogP contribution in [0.3, 0.4) is 0 Å². The van der Waals surface area contributed by atoms with E-state index in [0.29, 0.717) is 5.41 Å². The fourth-order valence-electron chi connectivity index (χ4n) is 0.941. The molecule has 0 aromatic carbocycles. The van der Waals surface area contributed by atoms with E-state index in [1.807, 2.05) is 13.8 Å². The summed E-state index contributed by atoms with van der Waals surface area (Å²) in [5.41, 5.74) is 0.514. The fourth-order valence-corrected chi connectivity index (χ4v) is 0.941. The number of hydrogen-bond donors (Lipinski definition) is 0. The van der Waals surface area contributed by atoms with Crippen LogP contribution in [0, 0.1) is 5.41 Å². The third-order valence-electron chi connectivity index (χ3n) is 1.52. The molecular weight excluding hydrogens is 108 g/mol. The quantitative estimate of drug-likeness (QED) is 0.436. The molecular formula is C9H18. The lowest BCUT2D eigenvalue weighted by Crippen LogP contribution is -2.00. The van der Waals surface area contributed by atoms with E-state index >= 15 is 0 Å². The highest BCUT2D eigenvalue weighted by molar-refractivity contribution is 5.01. The van der Waals surface area contributed by atoms with E-state index in [1.165, 1.54) is 12.8 Å². The molecule has 1 aliphatic rings. The van der Waals surface area contributed by atoms with Crippen LogP contribution in [0.5, 0.6) is 0 Å². The van der Waals surface area contributed by atoms with Crippen LogP contribution >= 0.6 is 0 Å². The Morgan fingerprint density at radius 2 is 1.78 bits per heavy atom. The molecule has 0 saturated carbocycles. The molecule has 0 bridgehead atoms. The molecule has 1 aliphatic carbocycles. The van der Waals surface area contributed by atoms with E-state index in [1.54, 1.807) is 0 Å². The summed E-state index contributed by atoms with van der Waals surface area (Å²) < 4.78 is 0. The van der Waals surface area contributed by atoms with Crippen molar-refractivity contribution in [3.63, 3.8) is 0 Å². The fraction of sp³-hybridized carbons (Fsp3) is 0.778. The van der Waals surface area contributed by atoms with Gasteiger partial charge in [-0.1, -0.05) is 39.8 Å². The summed E-state index contributed by atoms with van der Waals surface area (Å²) in [5, 5.41) is 0. The molecule has 0 amide bonds. The standard InChI is InChI=1S/C7H12.C2H6/c1-7(2)5-3-4-6-7;1-2/h3,5H,4,6H2,1-2H3;1-2H3. The van der Waals surface area contributed by atoms with E-state index in [-0.39, 0.29) is 0 Å². The van der Waals surface area contributed by atoms with Gasteiger partial charge >= 0.3 is 0 Å². The van der Waals surface area contributed by atoms with Crippen LogP contribution < -0.4 is 0 Å². The van der Waals surface area contributed by atoms with E-state index in [0.717, 1.165) is 0 Å². The monoisotopic (exact) mass is 126 g/mol. The van der Waals surface area contributed by atoms with E-state index in [9.17, 15) is 0 Å². The van der Waals surface area contributed by atoms with Crippen molar-refractivity contribution in [3.8, 4) is 0 Å². The van der Waals surface area contributed by atoms with Crippen LogP contribution in [0.15, 0.2) is 12.2 Å². The molecule has 0 fully saturated rings. The minimum absolute atomic E-state index is 0.514. The van der Waals surface area contributed by atoms with Crippen molar-refractivity contribution in [2.24, 2.45) is 5.41 Å². The van der Waals surface area contributed by atoms with Crippen LogP contribution in [-0.4, -0.2) is 0 Å². The second-order valence-electron chi connectivity index (χ2n) is 2.93. The molecule has 0 atom stereocenters. The summed E-state index contributed by atoms with van der Waals surface area (Å²) in [4.78, 5) is 0. The first-order valence-electron chi connectivity index (χ1n) is 3.88. The van der Waals surface area contributed by atoms with Gasteiger partial charge in [0.05, 0.1) is 0 Å². The maximum absolute atomic E-state index is 2.30. The van der Waals surface area contributed by atoms with Crippen LogP contribution in [0.25, 0.3) is 0 Å². The van der Waals surface area contributed by atoms with Crippen molar-refractivity contribution in [2.75, 3.05) is 0 Å². The predicted octanol–water partition coefficient (Wildman–Crippen LogP) is 3.39. The zero-order chi connectivity index (χ0) is 7.33. The van der Waals surface area contributed by atoms with Crippen LogP contribution in [-0.2, 0) is 0 Å². The van der Waals surface area contributed by atoms with E-state index in [4.69, 9.17) is 0 Å². The molecule has 0 heteroatoms. The van der Waals surface area contributed by atoms with Gasteiger partial charge in [0.15, 0.2) is 0 Å². The Morgan fingerprint density at radius 3 is 1.89 bits per heavy atom. The highest BCUT2D eigenvalue weighted by atomic mass is 14.2. The van der Waals surface area contributed by atoms with Gasteiger partial charge in [0.2, 0.25) is 0 Å². The zero-order valence-electron chi connectivity index (χ0n) is 7.07. The van der Waals surface area contributed by atoms with Crippen molar-refractivity contribution < 1.29 is 0 Å². The van der Waals surface area contributed by atoms with Crippen LogP contribution in [0.1, 0.15) is 40.5 Å². The second kappa shape index (κ2) is 3.71. The summed E-state index contributed by atoms with van der Waals surface area (Å²) in [6.07, 6.45) is 7.19. The molecule has 0 radical (unpaired) electrons. The van der Waals surface area contributed by atoms with Gasteiger partial charge in [0.1, 0.15) is 0 Å². The van der Waals surface area contributed by atoms with Crippen LogP contribution in [0.2, 0.25) is 0 Å². The average molecular weight is 126 g/mol. The van der Waals surface area contributed by atoms with Crippen molar-refractivity contribution in [2.45, 2.75) is 40.5 Å². The molecule has 0 aliphatic heterocycles. The highest BCUT2D eigenvalue weighted by Crippen LogP contribution is 2.29. The van der Waals surface area contributed by atoms with Gasteiger partial charge in [-0.05, 0) is 18.3 Å². The third kappa shape index (κ3) is 3.34. The Kier molecular flexibility index (Phi) is 3.60. The smallest absolute Gasteiger partial charge is 0.0172 e. The third-order valence-corrected chi connectivity index (χ3v) is 1.52. The van der Waals surface area contributed by atoms with Crippen molar-refractivity contribution in [1.29, 1.82) is 0 Å². The van der Waals surface area contributed by atoms with E-state index in [2.05, 4.69) is 26.0 Å². The second-order valence-corrected chi connectivity index (χ2v) is 2.93. The Hall–Kier alpha value is -0.260. The minimum Gasteiger partial charge on any atom is -0.0880 e. The lowest BCUT2D eigenvalue weighted by Gasteiger charge is -2.11. The van der Waals surface area contributed by atoms with Gasteiger partial charge in [0, 0.05) is 0 Å². The first-order valence-corrected chi connectivity index (χ1v) is 3.88. The molecule has 0 heterocycles. The van der Waals surface area contributed by atoms with Crippen molar-refractivity contribution in [3.05, 3.63) is 12.2 Å². The summed E-state index contributed by atoms with van der Waals surface area (Å²) in [5.74, 6) is 0. The number of hydrogen-bond acceptors (Lipinski definition) is 0. The predicted molar refractivity (Wildman–Crippen MR) is 43.5 cm³/mol. The molecule has 54 valence electrons. The molecule has 0 N–H and O–H groups in total. The number of rotatable bonds is 0. The molecule has 9 heavy (non-hydrogen) atoms. The van der Waals surface area contributed by atoms with Gasteiger partial charge < -0.3 is 0 Å². The van der Waals surface area contributed by atoms with Gasteiger partial charge in [-0.2, -0.15) is 0 Å². The molecule has 0 unspecified atom stereocenters. The van der Waals surface area contributed by atoms with Crippen molar-refractivity contribution in [1.82, 2.24) is 0 Å². The van der Waals surface area contributed by atoms with Gasteiger partial charge in [-0.15, -0.1) is 0 Å². The van der Waals surface area contributed by atoms with Gasteiger partial charge in [-0.25, -0.2) is 0 Å². The Balaban J connectivity index is 0.000000291. The Labute approximate surface area is 59.0 Å². The largest absolute Gasteiger partial charge is 0.0880 e. The minimum atomic E-state index is 0.514. The van der Waals surface area contributed by atoms with Crippen molar-refractivity contribution >= 4 is 0 Å². The highest BCUT2D eigenvalue weighted by Gasteiger charge is 2.15. The van der Waals surface area contributed by atoms with Gasteiger partial charge in [0.25, 0.3) is 0 Å². The lowest BCUT2D eigenvalue weighted by atomic mass is 9.94. The molecule has 1 rings (SSSR count). The normalized spacial score (nSPS) is 20.9. The summed E-state index contributed by atoms with van der Waals surface area (Å²) in [7, 11) is 0. The summed E-state index contributed by atoms with van der Waals surface area (Å²) in [6.45, 7) is 8.55.